The summed E-state index contributed by atoms with van der Waals surface area (Å²) in [6.07, 6.45) is 0.683. The highest BCUT2D eigenvalue weighted by atomic mass is 79.9. The van der Waals surface area contributed by atoms with Gasteiger partial charge in [0.2, 0.25) is 0 Å². The Hall–Kier alpha value is 0.370. The topological polar surface area (TPSA) is 26.0 Å². The first-order valence-corrected chi connectivity index (χ1v) is 4.56. The Morgan fingerprint density at radius 1 is 1.50 bits per heavy atom. The van der Waals surface area contributed by atoms with E-state index in [9.17, 15) is 4.39 Å². The molecule has 0 spiro atoms. The van der Waals surface area contributed by atoms with E-state index in [0.717, 1.165) is 6.42 Å². The lowest BCUT2D eigenvalue weighted by Gasteiger charge is -2.31. The highest BCUT2D eigenvalue weighted by molar-refractivity contribution is 9.09. The fraction of sp³-hybridized carbons (Fsp3) is 1.00. The smallest absolute Gasteiger partial charge is 0.104 e. The van der Waals surface area contributed by atoms with Crippen molar-refractivity contribution >= 4 is 15.9 Å². The zero-order valence-corrected chi connectivity index (χ0v) is 7.64. The molecule has 0 saturated heterocycles. The van der Waals surface area contributed by atoms with Gasteiger partial charge in [0.25, 0.3) is 0 Å². The van der Waals surface area contributed by atoms with Crippen LogP contribution in [0.15, 0.2) is 0 Å². The summed E-state index contributed by atoms with van der Waals surface area (Å²) in [7, 11) is 0. The number of rotatable bonds is 0. The van der Waals surface area contributed by atoms with Crippen LogP contribution in [-0.2, 0) is 0 Å². The molecule has 0 aromatic carbocycles. The van der Waals surface area contributed by atoms with E-state index in [0.29, 0.717) is 11.2 Å². The zero-order chi connectivity index (χ0) is 7.72. The molecule has 2 N–H and O–H groups in total. The predicted molar refractivity (Wildman–Crippen MR) is 44.0 cm³/mol. The Balaban J connectivity index is 2.46. The van der Waals surface area contributed by atoms with E-state index < -0.39 is 6.17 Å². The van der Waals surface area contributed by atoms with Gasteiger partial charge in [0.1, 0.15) is 6.17 Å². The Labute approximate surface area is 69.3 Å². The van der Waals surface area contributed by atoms with Crippen LogP contribution in [0.5, 0.6) is 0 Å². The monoisotopic (exact) mass is 209 g/mol. The minimum absolute atomic E-state index is 0.00574. The van der Waals surface area contributed by atoms with Gasteiger partial charge in [0.15, 0.2) is 0 Å². The van der Waals surface area contributed by atoms with Gasteiger partial charge in [-0.2, -0.15) is 0 Å². The van der Waals surface area contributed by atoms with Crippen molar-refractivity contribution in [3.63, 3.8) is 0 Å². The van der Waals surface area contributed by atoms with Crippen LogP contribution in [0.2, 0.25) is 0 Å². The summed E-state index contributed by atoms with van der Waals surface area (Å²) >= 11 is 3.43. The second-order valence-corrected chi connectivity index (χ2v) is 4.32. The van der Waals surface area contributed by atoms with Gasteiger partial charge in [-0.05, 0) is 18.8 Å². The van der Waals surface area contributed by atoms with E-state index in [1.807, 2.05) is 6.92 Å². The standard InChI is InChI=1S/C7H13BrFN/c1-4-2-5(8)7(10)3-6(4)9/h4-7H,2-3,10H2,1H3. The first-order chi connectivity index (χ1) is 4.61. The third-order valence-corrected chi connectivity index (χ3v) is 3.23. The van der Waals surface area contributed by atoms with Crippen molar-refractivity contribution in [2.45, 2.75) is 36.8 Å². The van der Waals surface area contributed by atoms with Crippen LogP contribution in [0, 0.1) is 5.92 Å². The summed E-state index contributed by atoms with van der Waals surface area (Å²) in [5.74, 6) is 0.171. The average Bonchev–Trinajstić information content (AvgIpc) is 1.84. The lowest BCUT2D eigenvalue weighted by molar-refractivity contribution is 0.170. The number of hydrogen-bond donors (Lipinski definition) is 1. The van der Waals surface area contributed by atoms with Gasteiger partial charge in [-0.3, -0.25) is 0 Å². The fourth-order valence-corrected chi connectivity index (χ4v) is 2.12. The van der Waals surface area contributed by atoms with Crippen LogP contribution in [0.3, 0.4) is 0 Å². The van der Waals surface area contributed by atoms with E-state index in [1.165, 1.54) is 0 Å². The molecular weight excluding hydrogens is 197 g/mol. The Morgan fingerprint density at radius 3 is 2.60 bits per heavy atom. The van der Waals surface area contributed by atoms with E-state index in [1.54, 1.807) is 0 Å². The van der Waals surface area contributed by atoms with Crippen LogP contribution in [0.1, 0.15) is 19.8 Å². The minimum atomic E-state index is -0.691. The van der Waals surface area contributed by atoms with Gasteiger partial charge in [-0.25, -0.2) is 4.39 Å². The molecule has 1 aliphatic carbocycles. The molecule has 0 aromatic heterocycles. The molecule has 0 bridgehead atoms. The zero-order valence-electron chi connectivity index (χ0n) is 6.06. The van der Waals surface area contributed by atoms with Crippen molar-refractivity contribution in [2.24, 2.45) is 11.7 Å². The SMILES string of the molecule is CC1CC(Br)C(N)CC1F. The summed E-state index contributed by atoms with van der Waals surface area (Å²) in [5.41, 5.74) is 5.64. The van der Waals surface area contributed by atoms with Crippen LogP contribution in [0.25, 0.3) is 0 Å². The second-order valence-electron chi connectivity index (χ2n) is 3.14. The molecule has 4 atom stereocenters. The summed E-state index contributed by atoms with van der Waals surface area (Å²) in [5, 5.41) is 0. The maximum Gasteiger partial charge on any atom is 0.104 e. The molecule has 1 fully saturated rings. The molecule has 0 amide bonds. The largest absolute Gasteiger partial charge is 0.327 e. The van der Waals surface area contributed by atoms with E-state index in [-0.39, 0.29) is 12.0 Å². The second kappa shape index (κ2) is 3.18. The van der Waals surface area contributed by atoms with Crippen LogP contribution < -0.4 is 5.73 Å². The number of alkyl halides is 2. The lowest BCUT2D eigenvalue weighted by atomic mass is 9.86. The number of nitrogens with two attached hydrogens (primary N) is 1. The summed E-state index contributed by atoms with van der Waals surface area (Å²) < 4.78 is 12.9. The maximum absolute atomic E-state index is 12.9. The van der Waals surface area contributed by atoms with Crippen molar-refractivity contribution in [2.75, 3.05) is 0 Å². The van der Waals surface area contributed by atoms with Gasteiger partial charge in [0, 0.05) is 10.9 Å². The van der Waals surface area contributed by atoms with Crippen molar-refractivity contribution in [3.05, 3.63) is 0 Å². The molecule has 3 heteroatoms. The molecule has 1 rings (SSSR count). The normalized spacial score (nSPS) is 49.2. The third-order valence-electron chi connectivity index (χ3n) is 2.18. The van der Waals surface area contributed by atoms with E-state index in [2.05, 4.69) is 15.9 Å². The van der Waals surface area contributed by atoms with Gasteiger partial charge < -0.3 is 5.73 Å². The number of halogens is 2. The number of hydrogen-bond acceptors (Lipinski definition) is 1. The van der Waals surface area contributed by atoms with Gasteiger partial charge in [-0.1, -0.05) is 22.9 Å². The lowest BCUT2D eigenvalue weighted by Crippen LogP contribution is -2.41. The maximum atomic E-state index is 12.9. The third kappa shape index (κ3) is 1.70. The van der Waals surface area contributed by atoms with Crippen LogP contribution >= 0.6 is 15.9 Å². The average molecular weight is 210 g/mol. The van der Waals surface area contributed by atoms with E-state index in [4.69, 9.17) is 5.73 Å². The molecule has 0 heterocycles. The molecule has 1 nitrogen and oxygen atoms in total. The fourth-order valence-electron chi connectivity index (χ4n) is 1.32. The summed E-state index contributed by atoms with van der Waals surface area (Å²) in [4.78, 5) is 0.314. The Kier molecular flexibility index (Phi) is 2.69. The molecular formula is C7H13BrFN. The summed E-state index contributed by atoms with van der Waals surface area (Å²) in [6, 6.07) is 0.00574. The van der Waals surface area contributed by atoms with Gasteiger partial charge >= 0.3 is 0 Å². The molecule has 10 heavy (non-hydrogen) atoms. The van der Waals surface area contributed by atoms with Gasteiger partial charge in [0.05, 0.1) is 0 Å². The Bertz CT molecular complexity index is 94.2. The Morgan fingerprint density at radius 2 is 2.10 bits per heavy atom. The van der Waals surface area contributed by atoms with E-state index >= 15 is 0 Å². The van der Waals surface area contributed by atoms with Crippen LogP contribution in [0.4, 0.5) is 4.39 Å². The molecule has 1 aliphatic rings. The molecule has 0 radical (unpaired) electrons. The highest BCUT2D eigenvalue weighted by Gasteiger charge is 2.31. The molecule has 60 valence electrons. The van der Waals surface area contributed by atoms with Crippen molar-refractivity contribution < 1.29 is 4.39 Å². The first kappa shape index (κ1) is 8.47. The summed E-state index contributed by atoms with van der Waals surface area (Å²) in [6.45, 7) is 1.94. The van der Waals surface area contributed by atoms with Crippen molar-refractivity contribution in [1.29, 1.82) is 0 Å². The first-order valence-electron chi connectivity index (χ1n) is 3.65. The quantitative estimate of drug-likeness (QED) is 0.606. The highest BCUT2D eigenvalue weighted by Crippen LogP contribution is 2.30. The molecule has 0 aliphatic heterocycles. The molecule has 1 saturated carbocycles. The molecule has 4 unspecified atom stereocenters. The van der Waals surface area contributed by atoms with Crippen LogP contribution in [-0.4, -0.2) is 17.0 Å². The van der Waals surface area contributed by atoms with Crippen molar-refractivity contribution in [1.82, 2.24) is 0 Å². The van der Waals surface area contributed by atoms with Crippen molar-refractivity contribution in [3.8, 4) is 0 Å². The molecule has 0 aromatic rings. The predicted octanol–water partition coefficient (Wildman–Crippen LogP) is 1.85. The minimum Gasteiger partial charge on any atom is -0.327 e. The van der Waals surface area contributed by atoms with Gasteiger partial charge in [-0.15, -0.1) is 0 Å².